The molecule has 0 saturated carbocycles. The first-order valence-electron chi connectivity index (χ1n) is 6.12. The highest BCUT2D eigenvalue weighted by Gasteiger charge is 2.25. The van der Waals surface area contributed by atoms with E-state index in [0.29, 0.717) is 24.3 Å². The van der Waals surface area contributed by atoms with Crippen molar-refractivity contribution in [2.24, 2.45) is 0 Å². The number of ether oxygens (including phenoxy) is 1. The second-order valence-corrected chi connectivity index (χ2v) is 4.36. The number of carbonyl (C=O) groups is 1. The number of aliphatic hydroxyl groups excluding tert-OH is 1. The minimum atomic E-state index is -0.211. The molecule has 1 aromatic rings. The summed E-state index contributed by atoms with van der Waals surface area (Å²) in [6, 6.07) is 1.81. The third-order valence-corrected chi connectivity index (χ3v) is 3.07. The minimum absolute atomic E-state index is 0.0874. The van der Waals surface area contributed by atoms with E-state index in [1.54, 1.807) is 24.2 Å². The molecule has 1 atom stereocenters. The first kappa shape index (κ1) is 13.5. The summed E-state index contributed by atoms with van der Waals surface area (Å²) in [6.45, 7) is 1.07. The number of pyridine rings is 1. The summed E-state index contributed by atoms with van der Waals surface area (Å²) in [4.78, 5) is 18.0. The molecule has 0 aliphatic carbocycles. The zero-order valence-corrected chi connectivity index (χ0v) is 10.8. The second kappa shape index (κ2) is 6.32. The third kappa shape index (κ3) is 3.31. The molecule has 1 aliphatic heterocycles. The number of amides is 1. The number of carbonyl (C=O) groups excluding carboxylic acids is 1. The van der Waals surface area contributed by atoms with Crippen LogP contribution in [-0.2, 0) is 4.74 Å². The van der Waals surface area contributed by atoms with Crippen LogP contribution in [0.1, 0.15) is 22.3 Å². The van der Waals surface area contributed by atoms with E-state index in [9.17, 15) is 4.79 Å². The zero-order chi connectivity index (χ0) is 13.7. The molecule has 1 saturated heterocycles. The molecule has 19 heavy (non-hydrogen) atoms. The van der Waals surface area contributed by atoms with Crippen molar-refractivity contribution in [2.75, 3.05) is 26.9 Å². The number of aliphatic hydroxyl groups is 1. The van der Waals surface area contributed by atoms with Gasteiger partial charge < -0.3 is 14.7 Å². The number of hydrogen-bond donors (Lipinski definition) is 1. The van der Waals surface area contributed by atoms with Gasteiger partial charge in [0.25, 0.3) is 5.91 Å². The van der Waals surface area contributed by atoms with Crippen LogP contribution in [0.15, 0.2) is 18.5 Å². The van der Waals surface area contributed by atoms with Crippen LogP contribution in [0.25, 0.3) is 0 Å². The number of nitrogens with zero attached hydrogens (tertiary/aromatic N) is 2. The van der Waals surface area contributed by atoms with Crippen LogP contribution in [0.5, 0.6) is 0 Å². The Bertz CT molecular complexity index is 513. The molecule has 0 spiro atoms. The summed E-state index contributed by atoms with van der Waals surface area (Å²) >= 11 is 0. The number of aromatic nitrogens is 1. The van der Waals surface area contributed by atoms with Crippen LogP contribution in [0.2, 0.25) is 0 Å². The van der Waals surface area contributed by atoms with E-state index in [2.05, 4.69) is 16.8 Å². The number of rotatable bonds is 2. The molecule has 100 valence electrons. The van der Waals surface area contributed by atoms with Gasteiger partial charge in [-0.1, -0.05) is 11.8 Å². The Kier molecular flexibility index (Phi) is 4.50. The molecule has 0 bridgehead atoms. The van der Waals surface area contributed by atoms with Crippen molar-refractivity contribution in [3.05, 3.63) is 29.6 Å². The standard InChI is InChI=1S/C14H16N2O3/c1-16(13-4-6-19-10-13)14(18)12-7-11(3-2-5-17)8-15-9-12/h7-9,13,17H,4-6,10H2,1H3. The van der Waals surface area contributed by atoms with Gasteiger partial charge in [-0.05, 0) is 12.5 Å². The van der Waals surface area contributed by atoms with E-state index in [4.69, 9.17) is 9.84 Å². The predicted octanol–water partition coefficient (Wildman–Crippen LogP) is 0.286. The molecule has 2 rings (SSSR count). The number of likely N-dealkylation sites (N-methyl/N-ethyl adjacent to an activating group) is 1. The Hall–Kier alpha value is -1.90. The SMILES string of the molecule is CN(C(=O)c1cncc(C#CCO)c1)C1CCOC1. The highest BCUT2D eigenvalue weighted by molar-refractivity contribution is 5.94. The van der Waals surface area contributed by atoms with Crippen molar-refractivity contribution in [1.29, 1.82) is 0 Å². The van der Waals surface area contributed by atoms with Gasteiger partial charge in [-0.15, -0.1) is 0 Å². The first-order valence-corrected chi connectivity index (χ1v) is 6.12. The predicted molar refractivity (Wildman–Crippen MR) is 69.5 cm³/mol. The van der Waals surface area contributed by atoms with E-state index < -0.39 is 0 Å². The molecule has 1 aromatic heterocycles. The average molecular weight is 260 g/mol. The monoisotopic (exact) mass is 260 g/mol. The van der Waals surface area contributed by atoms with Gasteiger partial charge in [0.2, 0.25) is 0 Å². The third-order valence-electron chi connectivity index (χ3n) is 3.07. The lowest BCUT2D eigenvalue weighted by Gasteiger charge is -2.23. The van der Waals surface area contributed by atoms with Crippen LogP contribution in [0, 0.1) is 11.8 Å². The van der Waals surface area contributed by atoms with E-state index in [-0.39, 0.29) is 18.6 Å². The van der Waals surface area contributed by atoms with Gasteiger partial charge in [0.15, 0.2) is 0 Å². The van der Waals surface area contributed by atoms with E-state index in [1.165, 1.54) is 6.20 Å². The summed E-state index contributed by atoms with van der Waals surface area (Å²) in [5, 5.41) is 8.65. The van der Waals surface area contributed by atoms with Gasteiger partial charge >= 0.3 is 0 Å². The highest BCUT2D eigenvalue weighted by Crippen LogP contribution is 2.14. The molecule has 5 nitrogen and oxygen atoms in total. The summed E-state index contributed by atoms with van der Waals surface area (Å²) in [5.74, 6) is 5.19. The molecular formula is C14H16N2O3. The molecule has 5 heteroatoms. The normalized spacial score (nSPS) is 17.7. The minimum Gasteiger partial charge on any atom is -0.384 e. The molecule has 0 radical (unpaired) electrons. The summed E-state index contributed by atoms with van der Waals surface area (Å²) in [7, 11) is 1.77. The lowest BCUT2D eigenvalue weighted by molar-refractivity contribution is 0.0711. The van der Waals surface area contributed by atoms with Gasteiger partial charge in [0, 0.05) is 31.6 Å². The van der Waals surface area contributed by atoms with Crippen LogP contribution >= 0.6 is 0 Å². The molecule has 1 fully saturated rings. The Morgan fingerprint density at radius 1 is 1.63 bits per heavy atom. The molecule has 0 aromatic carbocycles. The van der Waals surface area contributed by atoms with Crippen LogP contribution in [-0.4, -0.2) is 53.8 Å². The van der Waals surface area contributed by atoms with Gasteiger partial charge in [-0.25, -0.2) is 0 Å². The van der Waals surface area contributed by atoms with E-state index in [0.717, 1.165) is 6.42 Å². The van der Waals surface area contributed by atoms with Crippen molar-refractivity contribution in [3.63, 3.8) is 0 Å². The van der Waals surface area contributed by atoms with Gasteiger partial charge in [-0.3, -0.25) is 9.78 Å². The van der Waals surface area contributed by atoms with E-state index in [1.807, 2.05) is 0 Å². The highest BCUT2D eigenvalue weighted by atomic mass is 16.5. The van der Waals surface area contributed by atoms with Crippen LogP contribution in [0.3, 0.4) is 0 Å². The van der Waals surface area contributed by atoms with Gasteiger partial charge in [0.1, 0.15) is 6.61 Å². The summed E-state index contributed by atoms with van der Waals surface area (Å²) in [6.07, 6.45) is 3.95. The van der Waals surface area contributed by atoms with Crippen LogP contribution < -0.4 is 0 Å². The molecule has 1 amide bonds. The number of hydrogen-bond acceptors (Lipinski definition) is 4. The molecule has 2 heterocycles. The Balaban J connectivity index is 2.14. The molecule has 1 N–H and O–H groups in total. The fraction of sp³-hybridized carbons (Fsp3) is 0.429. The Morgan fingerprint density at radius 2 is 2.47 bits per heavy atom. The topological polar surface area (TPSA) is 62.7 Å². The Labute approximate surface area is 112 Å². The maximum Gasteiger partial charge on any atom is 0.255 e. The van der Waals surface area contributed by atoms with Crippen molar-refractivity contribution in [1.82, 2.24) is 9.88 Å². The maximum absolute atomic E-state index is 12.3. The van der Waals surface area contributed by atoms with Crippen molar-refractivity contribution in [2.45, 2.75) is 12.5 Å². The lowest BCUT2D eigenvalue weighted by Crippen LogP contribution is -2.37. The summed E-state index contributed by atoms with van der Waals surface area (Å²) in [5.41, 5.74) is 1.12. The quantitative estimate of drug-likeness (QED) is 0.776. The smallest absolute Gasteiger partial charge is 0.255 e. The van der Waals surface area contributed by atoms with Gasteiger partial charge in [-0.2, -0.15) is 0 Å². The van der Waals surface area contributed by atoms with E-state index >= 15 is 0 Å². The first-order chi connectivity index (χ1) is 9.22. The van der Waals surface area contributed by atoms with Gasteiger partial charge in [0.05, 0.1) is 18.2 Å². The molecule has 1 aliphatic rings. The van der Waals surface area contributed by atoms with Crippen LogP contribution in [0.4, 0.5) is 0 Å². The molecule has 1 unspecified atom stereocenters. The molecular weight excluding hydrogens is 244 g/mol. The largest absolute Gasteiger partial charge is 0.384 e. The average Bonchev–Trinajstić information content (AvgIpc) is 2.98. The van der Waals surface area contributed by atoms with Crippen molar-refractivity contribution < 1.29 is 14.6 Å². The van der Waals surface area contributed by atoms with Crippen molar-refractivity contribution in [3.8, 4) is 11.8 Å². The maximum atomic E-state index is 12.3. The Morgan fingerprint density at radius 3 is 3.16 bits per heavy atom. The fourth-order valence-electron chi connectivity index (χ4n) is 1.96. The zero-order valence-electron chi connectivity index (χ0n) is 10.8. The second-order valence-electron chi connectivity index (χ2n) is 4.36. The van der Waals surface area contributed by atoms with Crippen molar-refractivity contribution >= 4 is 5.91 Å². The lowest BCUT2D eigenvalue weighted by atomic mass is 10.1. The summed E-state index contributed by atoms with van der Waals surface area (Å²) < 4.78 is 5.28. The fourth-order valence-corrected chi connectivity index (χ4v) is 1.96.